The average molecular weight is 310 g/mol. The monoisotopic (exact) mass is 310 g/mol. The third-order valence-corrected chi connectivity index (χ3v) is 4.20. The van der Waals surface area contributed by atoms with Crippen LogP contribution in [0.2, 0.25) is 0 Å². The summed E-state index contributed by atoms with van der Waals surface area (Å²) in [4.78, 5) is 4.61. The molecule has 1 N–H and O–H groups in total. The minimum absolute atomic E-state index is 0.803. The maximum absolute atomic E-state index is 5.43. The number of methoxy groups -OCH3 is 1. The van der Waals surface area contributed by atoms with E-state index in [1.165, 1.54) is 11.3 Å². The number of pyridine rings is 1. The van der Waals surface area contributed by atoms with E-state index in [0.717, 1.165) is 41.0 Å². The largest absolute Gasteiger partial charge is 0.494 e. The summed E-state index contributed by atoms with van der Waals surface area (Å²) in [6, 6.07) is 8.09. The standard InChI is InChI=1S/C18H22N4O/c1-12-10-16(15-6-5-7-17(23-4)18(15)21-12)19-9-8-14-11-20-22(3)13(14)2/h5-7,10-11H,8-9H2,1-4H3,(H,19,21). The van der Waals surface area contributed by atoms with Gasteiger partial charge in [-0.1, -0.05) is 12.1 Å². The lowest BCUT2D eigenvalue weighted by Crippen LogP contribution is -2.07. The fraction of sp³-hybridized carbons (Fsp3) is 0.333. The molecule has 5 heteroatoms. The van der Waals surface area contributed by atoms with Gasteiger partial charge in [-0.2, -0.15) is 5.10 Å². The third kappa shape index (κ3) is 2.99. The molecular weight excluding hydrogens is 288 g/mol. The van der Waals surface area contributed by atoms with E-state index in [4.69, 9.17) is 4.74 Å². The number of fused-ring (bicyclic) bond motifs is 1. The second-order valence-electron chi connectivity index (χ2n) is 5.72. The third-order valence-electron chi connectivity index (χ3n) is 4.20. The van der Waals surface area contributed by atoms with E-state index < -0.39 is 0 Å². The Morgan fingerprint density at radius 1 is 1.26 bits per heavy atom. The minimum Gasteiger partial charge on any atom is -0.494 e. The molecule has 2 heterocycles. The Balaban J connectivity index is 1.84. The van der Waals surface area contributed by atoms with Crippen LogP contribution in [0.1, 0.15) is 17.0 Å². The number of para-hydroxylation sites is 1. The molecule has 3 aromatic rings. The first-order valence-electron chi connectivity index (χ1n) is 7.76. The Bertz CT molecular complexity index is 838. The van der Waals surface area contributed by atoms with Gasteiger partial charge in [-0.3, -0.25) is 4.68 Å². The summed E-state index contributed by atoms with van der Waals surface area (Å²) in [6.45, 7) is 4.95. The Morgan fingerprint density at radius 2 is 2.09 bits per heavy atom. The van der Waals surface area contributed by atoms with Crippen molar-refractivity contribution >= 4 is 16.6 Å². The molecule has 3 rings (SSSR count). The quantitative estimate of drug-likeness (QED) is 0.786. The number of nitrogens with one attached hydrogen (secondary N) is 1. The molecule has 0 aliphatic carbocycles. The van der Waals surface area contributed by atoms with Crippen LogP contribution in [-0.2, 0) is 13.5 Å². The summed E-state index contributed by atoms with van der Waals surface area (Å²) < 4.78 is 7.34. The van der Waals surface area contributed by atoms with Gasteiger partial charge in [0.15, 0.2) is 0 Å². The predicted molar refractivity (Wildman–Crippen MR) is 93.2 cm³/mol. The minimum atomic E-state index is 0.803. The van der Waals surface area contributed by atoms with Crippen LogP contribution in [0.3, 0.4) is 0 Å². The van der Waals surface area contributed by atoms with Gasteiger partial charge < -0.3 is 10.1 Å². The van der Waals surface area contributed by atoms with Gasteiger partial charge >= 0.3 is 0 Å². The van der Waals surface area contributed by atoms with E-state index in [1.54, 1.807) is 7.11 Å². The zero-order valence-electron chi connectivity index (χ0n) is 14.1. The van der Waals surface area contributed by atoms with Crippen molar-refractivity contribution in [3.05, 3.63) is 47.4 Å². The zero-order valence-corrected chi connectivity index (χ0v) is 14.1. The van der Waals surface area contributed by atoms with Crippen molar-refractivity contribution in [1.82, 2.24) is 14.8 Å². The van der Waals surface area contributed by atoms with Gasteiger partial charge in [-0.25, -0.2) is 4.98 Å². The number of rotatable bonds is 5. The molecule has 0 radical (unpaired) electrons. The Hall–Kier alpha value is -2.56. The van der Waals surface area contributed by atoms with E-state index >= 15 is 0 Å². The molecule has 0 aliphatic rings. The van der Waals surface area contributed by atoms with Gasteiger partial charge in [-0.15, -0.1) is 0 Å². The summed E-state index contributed by atoms with van der Waals surface area (Å²) in [5, 5.41) is 8.90. The second-order valence-corrected chi connectivity index (χ2v) is 5.72. The van der Waals surface area contributed by atoms with E-state index in [9.17, 15) is 0 Å². The maximum atomic E-state index is 5.43. The van der Waals surface area contributed by atoms with Crippen LogP contribution in [0.25, 0.3) is 10.9 Å². The number of aromatic nitrogens is 3. The van der Waals surface area contributed by atoms with Gasteiger partial charge in [-0.05, 0) is 38.0 Å². The number of aryl methyl sites for hydroxylation is 2. The van der Waals surface area contributed by atoms with Crippen LogP contribution in [0.4, 0.5) is 5.69 Å². The molecule has 0 atom stereocenters. The van der Waals surface area contributed by atoms with E-state index in [-0.39, 0.29) is 0 Å². The fourth-order valence-corrected chi connectivity index (χ4v) is 2.78. The number of benzene rings is 1. The number of ether oxygens (including phenoxy) is 1. The molecule has 0 bridgehead atoms. The fourth-order valence-electron chi connectivity index (χ4n) is 2.78. The molecule has 0 fully saturated rings. The van der Waals surface area contributed by atoms with E-state index in [1.807, 2.05) is 37.0 Å². The zero-order chi connectivity index (χ0) is 16.4. The number of hydrogen-bond acceptors (Lipinski definition) is 4. The highest BCUT2D eigenvalue weighted by molar-refractivity contribution is 5.95. The first-order chi connectivity index (χ1) is 11.1. The molecule has 1 aromatic carbocycles. The molecule has 0 unspecified atom stereocenters. The molecular formula is C18H22N4O. The number of anilines is 1. The van der Waals surface area contributed by atoms with Crippen molar-refractivity contribution in [2.75, 3.05) is 19.0 Å². The van der Waals surface area contributed by atoms with E-state index in [0.29, 0.717) is 0 Å². The van der Waals surface area contributed by atoms with Gasteiger partial charge in [0.25, 0.3) is 0 Å². The summed E-state index contributed by atoms with van der Waals surface area (Å²) >= 11 is 0. The smallest absolute Gasteiger partial charge is 0.145 e. The molecule has 0 spiro atoms. The number of hydrogen-bond donors (Lipinski definition) is 1. The van der Waals surface area contributed by atoms with E-state index in [2.05, 4.69) is 34.5 Å². The normalized spacial score (nSPS) is 11.0. The highest BCUT2D eigenvalue weighted by Crippen LogP contribution is 2.29. The number of nitrogens with zero attached hydrogens (tertiary/aromatic N) is 3. The van der Waals surface area contributed by atoms with Crippen molar-refractivity contribution in [3.8, 4) is 5.75 Å². The molecule has 0 aliphatic heterocycles. The SMILES string of the molecule is COc1cccc2c(NCCc3cnn(C)c3C)cc(C)nc12. The van der Waals surface area contributed by atoms with Crippen molar-refractivity contribution < 1.29 is 4.74 Å². The van der Waals surface area contributed by atoms with Crippen LogP contribution < -0.4 is 10.1 Å². The molecule has 2 aromatic heterocycles. The van der Waals surface area contributed by atoms with Crippen molar-refractivity contribution in [3.63, 3.8) is 0 Å². The first kappa shape index (κ1) is 15.3. The van der Waals surface area contributed by atoms with Crippen molar-refractivity contribution in [2.45, 2.75) is 20.3 Å². The Morgan fingerprint density at radius 3 is 2.78 bits per heavy atom. The summed E-state index contributed by atoms with van der Waals surface area (Å²) in [5.74, 6) is 0.803. The highest BCUT2D eigenvalue weighted by atomic mass is 16.5. The van der Waals surface area contributed by atoms with Crippen molar-refractivity contribution in [2.24, 2.45) is 7.05 Å². The predicted octanol–water partition coefficient (Wildman–Crippen LogP) is 3.25. The van der Waals surface area contributed by atoms with Crippen LogP contribution in [-0.4, -0.2) is 28.4 Å². The molecule has 5 nitrogen and oxygen atoms in total. The van der Waals surface area contributed by atoms with Gasteiger partial charge in [0.05, 0.1) is 13.3 Å². The van der Waals surface area contributed by atoms with Gasteiger partial charge in [0, 0.05) is 36.1 Å². The lowest BCUT2D eigenvalue weighted by molar-refractivity contribution is 0.419. The summed E-state index contributed by atoms with van der Waals surface area (Å²) in [5.41, 5.74) is 5.45. The molecule has 0 saturated carbocycles. The lowest BCUT2D eigenvalue weighted by atomic mass is 10.1. The molecule has 0 amide bonds. The second kappa shape index (κ2) is 6.28. The highest BCUT2D eigenvalue weighted by Gasteiger charge is 2.09. The molecule has 0 saturated heterocycles. The Kier molecular flexibility index (Phi) is 4.19. The van der Waals surface area contributed by atoms with Gasteiger partial charge in [0.1, 0.15) is 11.3 Å². The molecule has 23 heavy (non-hydrogen) atoms. The first-order valence-corrected chi connectivity index (χ1v) is 7.76. The molecule has 120 valence electrons. The van der Waals surface area contributed by atoms with Gasteiger partial charge in [0.2, 0.25) is 0 Å². The van der Waals surface area contributed by atoms with Crippen LogP contribution in [0.15, 0.2) is 30.5 Å². The summed E-state index contributed by atoms with van der Waals surface area (Å²) in [6.07, 6.45) is 2.88. The summed E-state index contributed by atoms with van der Waals surface area (Å²) in [7, 11) is 3.65. The van der Waals surface area contributed by atoms with Crippen LogP contribution in [0, 0.1) is 13.8 Å². The topological polar surface area (TPSA) is 52.0 Å². The Labute approximate surface area is 136 Å². The van der Waals surface area contributed by atoms with Crippen molar-refractivity contribution in [1.29, 1.82) is 0 Å². The lowest BCUT2D eigenvalue weighted by Gasteiger charge is -2.12. The maximum Gasteiger partial charge on any atom is 0.145 e. The average Bonchev–Trinajstić information content (AvgIpc) is 2.86. The van der Waals surface area contributed by atoms with Crippen LogP contribution in [0.5, 0.6) is 5.75 Å². The van der Waals surface area contributed by atoms with Crippen LogP contribution >= 0.6 is 0 Å².